The van der Waals surface area contributed by atoms with E-state index in [1.165, 1.54) is 30.3 Å². The van der Waals surface area contributed by atoms with E-state index >= 15 is 0 Å². The Balaban J connectivity index is 1.81. The van der Waals surface area contributed by atoms with Crippen LogP contribution in [-0.2, 0) is 11.3 Å². The van der Waals surface area contributed by atoms with Crippen LogP contribution < -0.4 is 15.6 Å². The molecule has 3 aromatic rings. The summed E-state index contributed by atoms with van der Waals surface area (Å²) in [6, 6.07) is 9.18. The van der Waals surface area contributed by atoms with Crippen molar-refractivity contribution in [3.05, 3.63) is 65.0 Å². The molecule has 6 nitrogen and oxygen atoms in total. The molecule has 0 bridgehead atoms. The van der Waals surface area contributed by atoms with Gasteiger partial charge in [0.05, 0.1) is 22.9 Å². The van der Waals surface area contributed by atoms with E-state index in [-0.39, 0.29) is 22.3 Å². The molecule has 26 heavy (non-hydrogen) atoms. The Bertz CT molecular complexity index is 1020. The lowest BCUT2D eigenvalue weighted by atomic mass is 10.2. The predicted octanol–water partition coefficient (Wildman–Crippen LogP) is 2.78. The van der Waals surface area contributed by atoms with Gasteiger partial charge in [-0.05, 0) is 24.3 Å². The third kappa shape index (κ3) is 3.82. The Hall–Kier alpha value is -3.36. The lowest BCUT2D eigenvalue weighted by molar-refractivity contribution is -0.116. The fourth-order valence-electron chi connectivity index (χ4n) is 2.36. The molecule has 0 aliphatic carbocycles. The smallest absolute Gasteiger partial charge is 0.387 e. The van der Waals surface area contributed by atoms with Crippen LogP contribution in [0.1, 0.15) is 0 Å². The van der Waals surface area contributed by atoms with Gasteiger partial charge in [-0.25, -0.2) is 9.37 Å². The molecule has 134 valence electrons. The van der Waals surface area contributed by atoms with Gasteiger partial charge in [0, 0.05) is 6.07 Å². The van der Waals surface area contributed by atoms with Gasteiger partial charge in [-0.15, -0.1) is 0 Å². The molecule has 9 heteroatoms. The number of amides is 1. The summed E-state index contributed by atoms with van der Waals surface area (Å²) in [5.74, 6) is -1.37. The molecule has 0 unspecified atom stereocenters. The first-order chi connectivity index (χ1) is 12.4. The summed E-state index contributed by atoms with van der Waals surface area (Å²) in [6.45, 7) is -3.44. The molecule has 0 aliphatic heterocycles. The van der Waals surface area contributed by atoms with Crippen molar-refractivity contribution in [2.24, 2.45) is 0 Å². The number of para-hydroxylation sites is 2. The first-order valence-corrected chi connectivity index (χ1v) is 7.42. The van der Waals surface area contributed by atoms with Crippen molar-refractivity contribution in [2.75, 3.05) is 5.32 Å². The quantitative estimate of drug-likeness (QED) is 0.757. The van der Waals surface area contributed by atoms with Gasteiger partial charge in [0.2, 0.25) is 5.91 Å². The van der Waals surface area contributed by atoms with Gasteiger partial charge in [0.25, 0.3) is 5.56 Å². The molecule has 3 rings (SSSR count). The number of benzene rings is 2. The number of alkyl halides is 2. The van der Waals surface area contributed by atoms with Crippen molar-refractivity contribution in [3.8, 4) is 5.75 Å². The third-order valence-corrected chi connectivity index (χ3v) is 3.48. The molecule has 0 saturated carbocycles. The number of carbonyl (C=O) groups is 1. The maximum atomic E-state index is 13.2. The lowest BCUT2D eigenvalue weighted by Crippen LogP contribution is -2.28. The van der Waals surface area contributed by atoms with E-state index < -0.39 is 30.4 Å². The average Bonchev–Trinajstić information content (AvgIpc) is 2.58. The maximum Gasteiger partial charge on any atom is 0.387 e. The van der Waals surface area contributed by atoms with Gasteiger partial charge in [-0.1, -0.05) is 12.1 Å². The van der Waals surface area contributed by atoms with E-state index in [4.69, 9.17) is 0 Å². The zero-order valence-electron chi connectivity index (χ0n) is 13.2. The second-order valence-electron chi connectivity index (χ2n) is 5.26. The molecule has 1 amide bonds. The Morgan fingerprint density at radius 2 is 2.00 bits per heavy atom. The van der Waals surface area contributed by atoms with Gasteiger partial charge in [-0.3, -0.25) is 14.2 Å². The van der Waals surface area contributed by atoms with Crippen molar-refractivity contribution in [2.45, 2.75) is 13.2 Å². The van der Waals surface area contributed by atoms with Crippen LogP contribution in [0.15, 0.2) is 53.6 Å². The summed E-state index contributed by atoms with van der Waals surface area (Å²) in [6.07, 6.45) is 1.12. The third-order valence-electron chi connectivity index (χ3n) is 3.48. The van der Waals surface area contributed by atoms with Gasteiger partial charge >= 0.3 is 6.61 Å². The van der Waals surface area contributed by atoms with Crippen LogP contribution >= 0.6 is 0 Å². The Morgan fingerprint density at radius 1 is 1.23 bits per heavy atom. The molecule has 1 aromatic heterocycles. The highest BCUT2D eigenvalue weighted by atomic mass is 19.3. The number of ether oxygens (including phenoxy) is 1. The van der Waals surface area contributed by atoms with Gasteiger partial charge in [0.1, 0.15) is 18.1 Å². The van der Waals surface area contributed by atoms with Crippen LogP contribution in [0.5, 0.6) is 5.75 Å². The maximum absolute atomic E-state index is 13.2. The largest absolute Gasteiger partial charge is 0.433 e. The van der Waals surface area contributed by atoms with Gasteiger partial charge in [0.15, 0.2) is 0 Å². The van der Waals surface area contributed by atoms with Gasteiger partial charge in [-0.2, -0.15) is 8.78 Å². The number of nitrogens with zero attached hydrogens (tertiary/aromatic N) is 2. The molecule has 0 atom stereocenters. The Kier molecular flexibility index (Phi) is 4.87. The monoisotopic (exact) mass is 363 g/mol. The highest BCUT2D eigenvalue weighted by molar-refractivity contribution is 5.92. The van der Waals surface area contributed by atoms with Crippen molar-refractivity contribution in [1.29, 1.82) is 0 Å². The van der Waals surface area contributed by atoms with Crippen LogP contribution in [0.3, 0.4) is 0 Å². The second kappa shape index (κ2) is 7.26. The van der Waals surface area contributed by atoms with Crippen molar-refractivity contribution >= 4 is 22.5 Å². The molecular weight excluding hydrogens is 351 g/mol. The number of anilines is 1. The zero-order valence-corrected chi connectivity index (χ0v) is 13.2. The van der Waals surface area contributed by atoms with Crippen LogP contribution in [0.2, 0.25) is 0 Å². The minimum absolute atomic E-state index is 0.0432. The molecule has 0 spiro atoms. The number of halogens is 3. The van der Waals surface area contributed by atoms with E-state index in [1.807, 2.05) is 0 Å². The van der Waals surface area contributed by atoms with Crippen LogP contribution in [-0.4, -0.2) is 22.1 Å². The first-order valence-electron chi connectivity index (χ1n) is 7.42. The molecule has 0 saturated heterocycles. The summed E-state index contributed by atoms with van der Waals surface area (Å²) >= 11 is 0. The van der Waals surface area contributed by atoms with Crippen molar-refractivity contribution in [1.82, 2.24) is 9.55 Å². The fraction of sp³-hybridized carbons (Fsp3) is 0.118. The topological polar surface area (TPSA) is 73.2 Å². The number of hydrogen-bond acceptors (Lipinski definition) is 4. The number of rotatable bonds is 5. The summed E-state index contributed by atoms with van der Waals surface area (Å²) < 4.78 is 43.3. The summed E-state index contributed by atoms with van der Waals surface area (Å²) in [5, 5.41) is 2.56. The molecule has 1 heterocycles. The standard InChI is InChI=1S/C17H12F3N3O3/c18-10-5-6-11-13(7-10)21-9-23(16(11)25)8-15(24)22-12-3-1-2-4-14(12)26-17(19)20/h1-7,9,17H,8H2,(H,22,24). The fourth-order valence-corrected chi connectivity index (χ4v) is 2.36. The molecule has 0 fully saturated rings. The minimum atomic E-state index is -3.04. The van der Waals surface area contributed by atoms with Crippen LogP contribution in [0.4, 0.5) is 18.9 Å². The Labute approximate surface area is 144 Å². The molecule has 0 aliphatic rings. The summed E-state index contributed by atoms with van der Waals surface area (Å²) in [4.78, 5) is 28.4. The van der Waals surface area contributed by atoms with E-state index in [0.717, 1.165) is 23.0 Å². The summed E-state index contributed by atoms with van der Waals surface area (Å²) in [5.41, 5.74) is -0.314. The number of nitrogens with one attached hydrogen (secondary N) is 1. The highest BCUT2D eigenvalue weighted by Gasteiger charge is 2.13. The number of aromatic nitrogens is 2. The van der Waals surface area contributed by atoms with Crippen molar-refractivity contribution in [3.63, 3.8) is 0 Å². The zero-order chi connectivity index (χ0) is 18.7. The SMILES string of the molecule is O=C(Cn1cnc2cc(F)ccc2c1=O)Nc1ccccc1OC(F)F. The summed E-state index contributed by atoms with van der Waals surface area (Å²) in [7, 11) is 0. The molecular formula is C17H12F3N3O3. The van der Waals surface area contributed by atoms with Crippen LogP contribution in [0.25, 0.3) is 10.9 Å². The number of hydrogen-bond donors (Lipinski definition) is 1. The van der Waals surface area contributed by atoms with E-state index in [1.54, 1.807) is 0 Å². The average molecular weight is 363 g/mol. The molecule has 1 N–H and O–H groups in total. The van der Waals surface area contributed by atoms with E-state index in [2.05, 4.69) is 15.0 Å². The first kappa shape index (κ1) is 17.5. The second-order valence-corrected chi connectivity index (χ2v) is 5.26. The number of fused-ring (bicyclic) bond motifs is 1. The molecule has 0 radical (unpaired) electrons. The normalized spacial score (nSPS) is 10.9. The highest BCUT2D eigenvalue weighted by Crippen LogP contribution is 2.25. The van der Waals surface area contributed by atoms with E-state index in [9.17, 15) is 22.8 Å². The molecule has 2 aromatic carbocycles. The minimum Gasteiger partial charge on any atom is -0.433 e. The van der Waals surface area contributed by atoms with E-state index in [0.29, 0.717) is 0 Å². The number of carbonyl (C=O) groups excluding carboxylic acids is 1. The van der Waals surface area contributed by atoms with Gasteiger partial charge < -0.3 is 10.1 Å². The van der Waals surface area contributed by atoms with Crippen LogP contribution in [0, 0.1) is 5.82 Å². The van der Waals surface area contributed by atoms with Crippen molar-refractivity contribution < 1.29 is 22.7 Å². The lowest BCUT2D eigenvalue weighted by Gasteiger charge is -2.12. The Morgan fingerprint density at radius 3 is 2.77 bits per heavy atom. The predicted molar refractivity (Wildman–Crippen MR) is 87.7 cm³/mol.